The third-order valence-electron chi connectivity index (χ3n) is 11.8. The molecule has 2 aromatic heterocycles. The average molecular weight is 801 g/mol. The van der Waals surface area contributed by atoms with Crippen LogP contribution in [0, 0.1) is 0 Å². The van der Waals surface area contributed by atoms with Crippen LogP contribution in [-0.4, -0.2) is 0 Å². The molecule has 0 atom stereocenters. The number of nitrogens with zero attached hydrogens (tertiary/aromatic N) is 2. The zero-order valence-electron chi connectivity index (χ0n) is 32.5. The molecular weight excluding hydrogens is 765 g/mol. The van der Waals surface area contributed by atoms with Crippen LogP contribution < -0.4 is 9.80 Å². The van der Waals surface area contributed by atoms with E-state index in [4.69, 9.17) is 0 Å². The lowest BCUT2D eigenvalue weighted by molar-refractivity contribution is 1.24. The minimum Gasteiger partial charge on any atom is -0.308 e. The van der Waals surface area contributed by atoms with E-state index in [1.54, 1.807) is 0 Å². The minimum atomic E-state index is 1.09. The predicted molar refractivity (Wildman–Crippen MR) is 262 cm³/mol. The van der Waals surface area contributed by atoms with Crippen molar-refractivity contribution in [3.63, 3.8) is 0 Å². The van der Waals surface area contributed by atoms with Gasteiger partial charge in [-0.1, -0.05) is 158 Å². The molecular formula is C56H36N2S2. The Hall–Kier alpha value is -7.24. The summed E-state index contributed by atoms with van der Waals surface area (Å²) in [5.74, 6) is 0. The van der Waals surface area contributed by atoms with Crippen molar-refractivity contribution in [3.8, 4) is 11.1 Å². The van der Waals surface area contributed by atoms with Crippen LogP contribution in [0.4, 0.5) is 34.1 Å². The summed E-state index contributed by atoms with van der Waals surface area (Å²) in [6.07, 6.45) is 0. The van der Waals surface area contributed by atoms with Gasteiger partial charge in [-0.05, 0) is 93.3 Å². The minimum absolute atomic E-state index is 1.09. The number of para-hydroxylation sites is 2. The van der Waals surface area contributed by atoms with Gasteiger partial charge in [0.2, 0.25) is 0 Å². The first-order valence-electron chi connectivity index (χ1n) is 20.3. The number of fused-ring (bicyclic) bond motifs is 9. The van der Waals surface area contributed by atoms with Gasteiger partial charge in [0.15, 0.2) is 0 Å². The first-order valence-corrected chi connectivity index (χ1v) is 22.0. The Kier molecular flexibility index (Phi) is 8.25. The molecule has 0 unspecified atom stereocenters. The fraction of sp³-hybridized carbons (Fsp3) is 0. The Morgan fingerprint density at radius 3 is 1.62 bits per heavy atom. The van der Waals surface area contributed by atoms with Crippen LogP contribution in [0.25, 0.3) is 73.0 Å². The van der Waals surface area contributed by atoms with Crippen LogP contribution in [0.5, 0.6) is 0 Å². The molecule has 0 N–H and O–H groups in total. The van der Waals surface area contributed by atoms with E-state index in [0.717, 1.165) is 34.1 Å². The van der Waals surface area contributed by atoms with Crippen molar-refractivity contribution >= 4 is 119 Å². The van der Waals surface area contributed by atoms with Crippen molar-refractivity contribution < 1.29 is 0 Å². The maximum absolute atomic E-state index is 2.50. The summed E-state index contributed by atoms with van der Waals surface area (Å²) >= 11 is 3.76. The number of anilines is 6. The van der Waals surface area contributed by atoms with Crippen LogP contribution in [0.1, 0.15) is 0 Å². The van der Waals surface area contributed by atoms with E-state index < -0.39 is 0 Å². The average Bonchev–Trinajstić information content (AvgIpc) is 3.89. The second kappa shape index (κ2) is 14.2. The molecule has 0 aliphatic rings. The number of benzene rings is 10. The molecule has 0 aliphatic heterocycles. The van der Waals surface area contributed by atoms with Crippen LogP contribution in [0.15, 0.2) is 218 Å². The summed E-state index contributed by atoms with van der Waals surface area (Å²) < 4.78 is 5.12. The van der Waals surface area contributed by atoms with Gasteiger partial charge in [-0.15, -0.1) is 22.7 Å². The molecule has 0 saturated carbocycles. The van der Waals surface area contributed by atoms with E-state index in [1.807, 2.05) is 22.7 Å². The molecule has 0 radical (unpaired) electrons. The molecule has 0 saturated heterocycles. The van der Waals surface area contributed by atoms with Gasteiger partial charge in [-0.25, -0.2) is 0 Å². The molecule has 12 rings (SSSR count). The maximum atomic E-state index is 2.50. The molecule has 2 heterocycles. The zero-order valence-corrected chi connectivity index (χ0v) is 34.1. The molecule has 12 aromatic rings. The molecule has 0 fully saturated rings. The quantitative estimate of drug-likeness (QED) is 0.158. The number of hydrogen-bond acceptors (Lipinski definition) is 4. The van der Waals surface area contributed by atoms with E-state index in [2.05, 4.69) is 228 Å². The molecule has 0 spiro atoms. The summed E-state index contributed by atoms with van der Waals surface area (Å²) in [5, 5.41) is 10.1. The van der Waals surface area contributed by atoms with Gasteiger partial charge in [0.25, 0.3) is 0 Å². The first kappa shape index (κ1) is 34.8. The SMILES string of the molecule is c1ccc(N(c2ccc(-c3cccc4ccccc34)cc2)c2cc3sc4c5ccccc5ccc4c3cc2N(c2ccccc2)c2cccc3c2sc2ccccc23)cc1. The number of rotatable bonds is 7. The second-order valence-electron chi connectivity index (χ2n) is 15.3. The third kappa shape index (κ3) is 5.68. The predicted octanol–water partition coefficient (Wildman–Crippen LogP) is 17.3. The third-order valence-corrected chi connectivity index (χ3v) is 14.2. The van der Waals surface area contributed by atoms with E-state index in [-0.39, 0.29) is 0 Å². The topological polar surface area (TPSA) is 6.48 Å². The second-order valence-corrected chi connectivity index (χ2v) is 17.4. The Balaban J connectivity index is 1.16. The van der Waals surface area contributed by atoms with Crippen LogP contribution in [-0.2, 0) is 0 Å². The lowest BCUT2D eigenvalue weighted by Crippen LogP contribution is -2.17. The fourth-order valence-electron chi connectivity index (χ4n) is 9.05. The van der Waals surface area contributed by atoms with Crippen molar-refractivity contribution in [1.82, 2.24) is 0 Å². The van der Waals surface area contributed by atoms with E-state index in [1.165, 1.54) is 73.0 Å². The molecule has 0 amide bonds. The largest absolute Gasteiger partial charge is 0.308 e. The first-order chi connectivity index (χ1) is 29.8. The molecule has 2 nitrogen and oxygen atoms in total. The van der Waals surface area contributed by atoms with Gasteiger partial charge in [0.1, 0.15) is 0 Å². The fourth-order valence-corrected chi connectivity index (χ4v) is 11.5. The van der Waals surface area contributed by atoms with Crippen LogP contribution in [0.3, 0.4) is 0 Å². The zero-order chi connectivity index (χ0) is 39.6. The summed E-state index contributed by atoms with van der Waals surface area (Å²) in [7, 11) is 0. The lowest BCUT2D eigenvalue weighted by Gasteiger charge is -2.33. The van der Waals surface area contributed by atoms with Crippen molar-refractivity contribution in [2.45, 2.75) is 0 Å². The number of hydrogen-bond donors (Lipinski definition) is 0. The summed E-state index contributed by atoms with van der Waals surface area (Å²) in [4.78, 5) is 4.95. The molecule has 4 heteroatoms. The molecule has 282 valence electrons. The smallest absolute Gasteiger partial charge is 0.0716 e. The Morgan fingerprint density at radius 2 is 0.833 bits per heavy atom. The maximum Gasteiger partial charge on any atom is 0.0716 e. The Bertz CT molecular complexity index is 3550. The Labute approximate surface area is 356 Å². The van der Waals surface area contributed by atoms with Crippen LogP contribution >= 0.6 is 22.7 Å². The van der Waals surface area contributed by atoms with Crippen LogP contribution in [0.2, 0.25) is 0 Å². The van der Waals surface area contributed by atoms with Gasteiger partial charge in [0.05, 0.1) is 21.8 Å². The number of thiophene rings is 2. The summed E-state index contributed by atoms with van der Waals surface area (Å²) in [5.41, 5.74) is 9.08. The standard InChI is InChI=1S/C56H36N2S2/c1-3-18-40(19-4-1)57(42-32-29-39(30-33-42)44-25-13-17-37-15-7-9-22-43(37)44)52-36-54-49(48-34-31-38-16-8-10-23-45(38)55(48)60-54)35-51(52)58(41-20-5-2-6-21-41)50-27-14-26-47-46-24-11-12-28-53(46)59-56(47)50/h1-36H. The molecule has 60 heavy (non-hydrogen) atoms. The highest BCUT2D eigenvalue weighted by atomic mass is 32.1. The highest BCUT2D eigenvalue weighted by Gasteiger charge is 2.26. The van der Waals surface area contributed by atoms with E-state index >= 15 is 0 Å². The van der Waals surface area contributed by atoms with Gasteiger partial charge < -0.3 is 9.80 Å². The van der Waals surface area contributed by atoms with Gasteiger partial charge >= 0.3 is 0 Å². The highest BCUT2D eigenvalue weighted by Crippen LogP contribution is 2.52. The van der Waals surface area contributed by atoms with Gasteiger partial charge in [-0.2, -0.15) is 0 Å². The normalized spacial score (nSPS) is 11.7. The lowest BCUT2D eigenvalue weighted by atomic mass is 9.98. The van der Waals surface area contributed by atoms with Crippen molar-refractivity contribution in [1.29, 1.82) is 0 Å². The van der Waals surface area contributed by atoms with Gasteiger partial charge in [0, 0.05) is 52.7 Å². The molecule has 0 bridgehead atoms. The van der Waals surface area contributed by atoms with Crippen molar-refractivity contribution in [2.75, 3.05) is 9.80 Å². The van der Waals surface area contributed by atoms with E-state index in [9.17, 15) is 0 Å². The monoisotopic (exact) mass is 800 g/mol. The molecule has 10 aromatic carbocycles. The van der Waals surface area contributed by atoms with Gasteiger partial charge in [-0.3, -0.25) is 0 Å². The Morgan fingerprint density at radius 1 is 0.283 bits per heavy atom. The van der Waals surface area contributed by atoms with Crippen molar-refractivity contribution in [2.24, 2.45) is 0 Å². The van der Waals surface area contributed by atoms with Crippen molar-refractivity contribution in [3.05, 3.63) is 218 Å². The summed E-state index contributed by atoms with van der Waals surface area (Å²) in [6.45, 7) is 0. The molecule has 0 aliphatic carbocycles. The van der Waals surface area contributed by atoms with E-state index in [0.29, 0.717) is 0 Å². The summed E-state index contributed by atoms with van der Waals surface area (Å²) in [6, 6.07) is 80.0. The highest BCUT2D eigenvalue weighted by molar-refractivity contribution is 7.27.